The fourth-order valence-electron chi connectivity index (χ4n) is 3.49. The molecule has 1 N–H and O–H groups in total. The van der Waals surface area contributed by atoms with Crippen LogP contribution in [0.3, 0.4) is 0 Å². The normalized spacial score (nSPS) is 19.0. The number of carboxylic acid groups (broad SMARTS) is 1. The molecule has 2 aromatic rings. The van der Waals surface area contributed by atoms with E-state index < -0.39 is 23.8 Å². The standard InChI is InChI=1S/C20H20F3N3O4/c1-25(30-2)18(27)16-9-14(12-3-6-15(7-4-12)20(21,22)23)11-26(16)17-8-5-13(10-24-17)19(28)29/h3-8,10,14,16H,9,11H2,1-2H3,(H,28,29)/t14?,16-/m0/s1. The van der Waals surface area contributed by atoms with E-state index in [9.17, 15) is 22.8 Å². The summed E-state index contributed by atoms with van der Waals surface area (Å²) in [5.41, 5.74) is -0.0570. The van der Waals surface area contributed by atoms with Gasteiger partial charge in [-0.1, -0.05) is 12.1 Å². The number of carboxylic acids is 1. The summed E-state index contributed by atoms with van der Waals surface area (Å²) in [5, 5.41) is 10.1. The van der Waals surface area contributed by atoms with Crippen molar-refractivity contribution in [3.63, 3.8) is 0 Å². The van der Waals surface area contributed by atoms with E-state index in [2.05, 4.69) is 4.98 Å². The molecule has 0 aliphatic carbocycles. The molecule has 0 saturated carbocycles. The Morgan fingerprint density at radius 3 is 2.37 bits per heavy atom. The Morgan fingerprint density at radius 1 is 1.20 bits per heavy atom. The minimum Gasteiger partial charge on any atom is -0.478 e. The number of halogens is 3. The second-order valence-electron chi connectivity index (χ2n) is 6.95. The summed E-state index contributed by atoms with van der Waals surface area (Å²) >= 11 is 0. The number of hydrogen-bond acceptors (Lipinski definition) is 5. The third-order valence-electron chi connectivity index (χ3n) is 5.17. The maximum absolute atomic E-state index is 12.8. The van der Waals surface area contributed by atoms with Crippen LogP contribution in [-0.4, -0.2) is 53.8 Å². The lowest BCUT2D eigenvalue weighted by Gasteiger charge is -2.27. The molecule has 10 heteroatoms. The molecule has 3 rings (SSSR count). The summed E-state index contributed by atoms with van der Waals surface area (Å²) < 4.78 is 38.5. The van der Waals surface area contributed by atoms with Crippen LogP contribution >= 0.6 is 0 Å². The Morgan fingerprint density at radius 2 is 1.87 bits per heavy atom. The summed E-state index contributed by atoms with van der Waals surface area (Å²) in [5.74, 6) is -1.27. The van der Waals surface area contributed by atoms with E-state index >= 15 is 0 Å². The molecule has 0 spiro atoms. The quantitative estimate of drug-likeness (QED) is 0.744. The number of alkyl halides is 3. The number of nitrogens with zero attached hydrogens (tertiary/aromatic N) is 3. The molecule has 1 aliphatic rings. The summed E-state index contributed by atoms with van der Waals surface area (Å²) in [7, 11) is 2.82. The van der Waals surface area contributed by atoms with E-state index in [0.29, 0.717) is 24.3 Å². The Kier molecular flexibility index (Phi) is 5.97. The van der Waals surface area contributed by atoms with Crippen LogP contribution in [0.25, 0.3) is 0 Å². The smallest absolute Gasteiger partial charge is 0.416 e. The van der Waals surface area contributed by atoms with Gasteiger partial charge in [-0.2, -0.15) is 13.2 Å². The lowest BCUT2D eigenvalue weighted by molar-refractivity contribution is -0.170. The molecule has 160 valence electrons. The zero-order valence-electron chi connectivity index (χ0n) is 16.3. The van der Waals surface area contributed by atoms with E-state index in [4.69, 9.17) is 9.94 Å². The second kappa shape index (κ2) is 8.31. The number of hydrogen-bond donors (Lipinski definition) is 1. The van der Waals surface area contributed by atoms with Crippen molar-refractivity contribution < 1.29 is 32.7 Å². The third kappa shape index (κ3) is 4.38. The van der Waals surface area contributed by atoms with Gasteiger partial charge in [-0.3, -0.25) is 9.63 Å². The molecule has 7 nitrogen and oxygen atoms in total. The van der Waals surface area contributed by atoms with Crippen molar-refractivity contribution in [2.75, 3.05) is 25.6 Å². The van der Waals surface area contributed by atoms with Crippen molar-refractivity contribution in [1.82, 2.24) is 10.0 Å². The zero-order chi connectivity index (χ0) is 22.1. The predicted octanol–water partition coefficient (Wildman–Crippen LogP) is 3.18. The van der Waals surface area contributed by atoms with Crippen LogP contribution in [-0.2, 0) is 15.8 Å². The van der Waals surface area contributed by atoms with Crippen LogP contribution in [0.5, 0.6) is 0 Å². The maximum Gasteiger partial charge on any atom is 0.416 e. The van der Waals surface area contributed by atoms with E-state index in [0.717, 1.165) is 17.2 Å². The number of aromatic carboxylic acids is 1. The summed E-state index contributed by atoms with van der Waals surface area (Å²) in [6, 6.07) is 7.11. The highest BCUT2D eigenvalue weighted by atomic mass is 19.4. The highest BCUT2D eigenvalue weighted by Gasteiger charge is 2.40. The molecular weight excluding hydrogens is 403 g/mol. The van der Waals surface area contributed by atoms with Crippen molar-refractivity contribution in [2.24, 2.45) is 0 Å². The molecule has 1 aromatic carbocycles. The molecule has 2 atom stereocenters. The minimum atomic E-state index is -4.42. The van der Waals surface area contributed by atoms with E-state index in [1.807, 2.05) is 0 Å². The Labute approximate surface area is 170 Å². The fraction of sp³-hybridized carbons (Fsp3) is 0.350. The number of aromatic nitrogens is 1. The van der Waals surface area contributed by atoms with Gasteiger partial charge in [-0.25, -0.2) is 14.8 Å². The first kappa shape index (κ1) is 21.6. The number of rotatable bonds is 5. The van der Waals surface area contributed by atoms with E-state index in [1.54, 1.807) is 4.90 Å². The molecule has 1 aliphatic heterocycles. The second-order valence-corrected chi connectivity index (χ2v) is 6.95. The third-order valence-corrected chi connectivity index (χ3v) is 5.17. The first-order valence-electron chi connectivity index (χ1n) is 9.06. The molecule has 1 saturated heterocycles. The van der Waals surface area contributed by atoms with Crippen molar-refractivity contribution in [3.05, 3.63) is 59.3 Å². The Bertz CT molecular complexity index is 916. The van der Waals surface area contributed by atoms with E-state index in [1.165, 1.54) is 44.6 Å². The van der Waals surface area contributed by atoms with Crippen molar-refractivity contribution in [2.45, 2.75) is 24.6 Å². The molecule has 0 bridgehead atoms. The fourth-order valence-corrected chi connectivity index (χ4v) is 3.49. The average Bonchev–Trinajstić information content (AvgIpc) is 3.17. The first-order valence-corrected chi connectivity index (χ1v) is 9.06. The molecule has 2 heterocycles. The van der Waals surface area contributed by atoms with Crippen molar-refractivity contribution >= 4 is 17.7 Å². The van der Waals surface area contributed by atoms with Gasteiger partial charge in [0.25, 0.3) is 5.91 Å². The lowest BCUT2D eigenvalue weighted by Crippen LogP contribution is -2.44. The number of amides is 1. The van der Waals surface area contributed by atoms with Crippen LogP contribution in [0, 0.1) is 0 Å². The minimum absolute atomic E-state index is 0.00845. The monoisotopic (exact) mass is 423 g/mol. The molecular formula is C20H20F3N3O4. The summed E-state index contributed by atoms with van der Waals surface area (Å²) in [6.07, 6.45) is -2.87. The van der Waals surface area contributed by atoms with E-state index in [-0.39, 0.29) is 17.4 Å². The Balaban J connectivity index is 1.90. The van der Waals surface area contributed by atoms with Gasteiger partial charge in [0.2, 0.25) is 0 Å². The number of likely N-dealkylation sites (N-methyl/N-ethyl adjacent to an activating group) is 1. The van der Waals surface area contributed by atoms with Gasteiger partial charge in [0, 0.05) is 25.7 Å². The molecule has 0 radical (unpaired) electrons. The summed E-state index contributed by atoms with van der Waals surface area (Å²) in [6.45, 7) is 0.332. The Hall–Kier alpha value is -3.14. The molecule has 1 fully saturated rings. The van der Waals surface area contributed by atoms with Crippen LogP contribution in [0.15, 0.2) is 42.6 Å². The zero-order valence-corrected chi connectivity index (χ0v) is 16.3. The number of carbonyl (C=O) groups excluding carboxylic acids is 1. The first-order chi connectivity index (χ1) is 14.1. The maximum atomic E-state index is 12.8. The van der Waals surface area contributed by atoms with Crippen LogP contribution in [0.4, 0.5) is 19.0 Å². The number of pyridine rings is 1. The number of carbonyl (C=O) groups is 2. The molecule has 1 unspecified atom stereocenters. The SMILES string of the molecule is CON(C)C(=O)[C@@H]1CC(c2ccc(C(F)(F)F)cc2)CN1c1ccc(C(=O)O)cn1. The largest absolute Gasteiger partial charge is 0.478 e. The highest BCUT2D eigenvalue weighted by molar-refractivity contribution is 5.88. The van der Waals surface area contributed by atoms with Gasteiger partial charge in [0.05, 0.1) is 18.2 Å². The molecule has 1 amide bonds. The average molecular weight is 423 g/mol. The van der Waals surface area contributed by atoms with Crippen molar-refractivity contribution in [3.8, 4) is 0 Å². The van der Waals surface area contributed by atoms with Gasteiger partial charge < -0.3 is 10.0 Å². The molecule has 30 heavy (non-hydrogen) atoms. The van der Waals surface area contributed by atoms with Gasteiger partial charge >= 0.3 is 12.1 Å². The van der Waals surface area contributed by atoms with Crippen LogP contribution in [0.1, 0.15) is 33.8 Å². The van der Waals surface area contributed by atoms with Gasteiger partial charge in [-0.05, 0) is 36.2 Å². The van der Waals surface area contributed by atoms with Gasteiger partial charge in [-0.15, -0.1) is 0 Å². The lowest BCUT2D eigenvalue weighted by atomic mass is 9.95. The molecule has 1 aromatic heterocycles. The predicted molar refractivity (Wildman–Crippen MR) is 101 cm³/mol. The van der Waals surface area contributed by atoms with Gasteiger partial charge in [0.15, 0.2) is 0 Å². The van der Waals surface area contributed by atoms with Gasteiger partial charge in [0.1, 0.15) is 11.9 Å². The summed E-state index contributed by atoms with van der Waals surface area (Å²) in [4.78, 5) is 34.7. The van der Waals surface area contributed by atoms with Crippen LogP contribution in [0.2, 0.25) is 0 Å². The topological polar surface area (TPSA) is 83.0 Å². The number of benzene rings is 1. The number of hydroxylamine groups is 2. The van der Waals surface area contributed by atoms with Crippen molar-refractivity contribution in [1.29, 1.82) is 0 Å². The highest BCUT2D eigenvalue weighted by Crippen LogP contribution is 2.37. The van der Waals surface area contributed by atoms with Crippen LogP contribution < -0.4 is 4.90 Å². The number of anilines is 1.